The SMILES string of the molecule is CCOC(=O)c1c(-c2cccc([N+](=O)[O-])c2)csc1NC(=O)c1ccccc1CCc1ccccc1. The number of rotatable bonds is 9. The second-order valence-electron chi connectivity index (χ2n) is 7.98. The summed E-state index contributed by atoms with van der Waals surface area (Å²) in [4.78, 5) is 37.0. The number of anilines is 1. The second kappa shape index (κ2) is 11.4. The Balaban J connectivity index is 1.64. The van der Waals surface area contributed by atoms with E-state index in [1.807, 2.05) is 30.3 Å². The maximum Gasteiger partial charge on any atom is 0.341 e. The van der Waals surface area contributed by atoms with E-state index in [9.17, 15) is 19.7 Å². The van der Waals surface area contributed by atoms with Crippen LogP contribution >= 0.6 is 11.3 Å². The van der Waals surface area contributed by atoms with Gasteiger partial charge in [-0.25, -0.2) is 4.79 Å². The minimum absolute atomic E-state index is 0.0913. The van der Waals surface area contributed by atoms with E-state index in [1.165, 1.54) is 29.0 Å². The number of hydrogen-bond acceptors (Lipinski definition) is 6. The first-order valence-electron chi connectivity index (χ1n) is 11.4. The van der Waals surface area contributed by atoms with Gasteiger partial charge in [0.25, 0.3) is 11.6 Å². The molecule has 36 heavy (non-hydrogen) atoms. The van der Waals surface area contributed by atoms with Gasteiger partial charge in [-0.1, -0.05) is 60.7 Å². The van der Waals surface area contributed by atoms with Crippen molar-refractivity contribution in [2.45, 2.75) is 19.8 Å². The number of esters is 1. The van der Waals surface area contributed by atoms with Gasteiger partial charge in [0.05, 0.1) is 11.5 Å². The number of nitro groups is 1. The van der Waals surface area contributed by atoms with Crippen molar-refractivity contribution in [2.24, 2.45) is 0 Å². The molecule has 0 radical (unpaired) electrons. The Kier molecular flexibility index (Phi) is 7.87. The maximum absolute atomic E-state index is 13.3. The Morgan fingerprint density at radius 2 is 1.72 bits per heavy atom. The first-order chi connectivity index (χ1) is 17.5. The molecule has 0 fully saturated rings. The minimum atomic E-state index is -0.604. The molecule has 0 atom stereocenters. The molecule has 0 aliphatic rings. The normalized spacial score (nSPS) is 10.6. The van der Waals surface area contributed by atoms with Crippen molar-refractivity contribution in [3.8, 4) is 11.1 Å². The predicted octanol–water partition coefficient (Wildman–Crippen LogP) is 6.54. The van der Waals surface area contributed by atoms with Gasteiger partial charge in [-0.15, -0.1) is 11.3 Å². The number of carbonyl (C=O) groups excluding carboxylic acids is 2. The zero-order valence-electron chi connectivity index (χ0n) is 19.6. The van der Waals surface area contributed by atoms with Crippen molar-refractivity contribution in [2.75, 3.05) is 11.9 Å². The minimum Gasteiger partial charge on any atom is -0.462 e. The highest BCUT2D eigenvalue weighted by Gasteiger charge is 2.24. The van der Waals surface area contributed by atoms with Crippen molar-refractivity contribution in [3.05, 3.63) is 117 Å². The van der Waals surface area contributed by atoms with Crippen molar-refractivity contribution in [3.63, 3.8) is 0 Å². The highest BCUT2D eigenvalue weighted by Crippen LogP contribution is 2.37. The van der Waals surface area contributed by atoms with Crippen LogP contribution < -0.4 is 5.32 Å². The molecule has 0 saturated heterocycles. The molecule has 0 aliphatic carbocycles. The first kappa shape index (κ1) is 24.8. The Labute approximate surface area is 212 Å². The fourth-order valence-corrected chi connectivity index (χ4v) is 4.86. The summed E-state index contributed by atoms with van der Waals surface area (Å²) in [6.45, 7) is 1.84. The van der Waals surface area contributed by atoms with Crippen LogP contribution in [-0.4, -0.2) is 23.4 Å². The molecule has 182 valence electrons. The van der Waals surface area contributed by atoms with Gasteiger partial charge in [0, 0.05) is 28.6 Å². The number of non-ortho nitro benzene ring substituents is 1. The Hall–Kier alpha value is -4.30. The van der Waals surface area contributed by atoms with Gasteiger partial charge in [-0.3, -0.25) is 14.9 Å². The lowest BCUT2D eigenvalue weighted by atomic mass is 9.99. The van der Waals surface area contributed by atoms with E-state index in [1.54, 1.807) is 36.6 Å². The van der Waals surface area contributed by atoms with Gasteiger partial charge in [-0.2, -0.15) is 0 Å². The van der Waals surface area contributed by atoms with Crippen molar-refractivity contribution >= 4 is 33.9 Å². The van der Waals surface area contributed by atoms with Crippen molar-refractivity contribution in [1.82, 2.24) is 0 Å². The van der Waals surface area contributed by atoms with E-state index in [0.717, 1.165) is 12.0 Å². The molecule has 0 spiro atoms. The largest absolute Gasteiger partial charge is 0.462 e. The number of thiophene rings is 1. The molecular formula is C28H24N2O5S. The molecule has 0 saturated carbocycles. The number of nitrogens with one attached hydrogen (secondary N) is 1. The zero-order valence-corrected chi connectivity index (χ0v) is 20.4. The lowest BCUT2D eigenvalue weighted by molar-refractivity contribution is -0.384. The van der Waals surface area contributed by atoms with Crippen LogP contribution in [0.3, 0.4) is 0 Å². The molecule has 1 N–H and O–H groups in total. The standard InChI is InChI=1S/C28H24N2O5S/c1-2-35-28(32)25-24(21-12-8-13-22(17-21)30(33)34)18-36-27(25)29-26(31)23-14-7-6-11-20(23)16-15-19-9-4-3-5-10-19/h3-14,17-18H,2,15-16H2,1H3,(H,29,31). The topological polar surface area (TPSA) is 98.5 Å². The molecule has 1 aromatic heterocycles. The number of amides is 1. The fraction of sp³-hybridized carbons (Fsp3) is 0.143. The Morgan fingerprint density at radius 1 is 0.972 bits per heavy atom. The highest BCUT2D eigenvalue weighted by molar-refractivity contribution is 7.15. The lowest BCUT2D eigenvalue weighted by Crippen LogP contribution is -2.16. The van der Waals surface area contributed by atoms with Crippen LogP contribution in [0.25, 0.3) is 11.1 Å². The summed E-state index contributed by atoms with van der Waals surface area (Å²) >= 11 is 1.18. The molecule has 0 unspecified atom stereocenters. The third kappa shape index (κ3) is 5.67. The van der Waals surface area contributed by atoms with Crippen LogP contribution in [-0.2, 0) is 17.6 Å². The van der Waals surface area contributed by atoms with Gasteiger partial charge >= 0.3 is 5.97 Å². The molecule has 4 aromatic rings. The van der Waals surface area contributed by atoms with Crippen LogP contribution in [0.15, 0.2) is 84.2 Å². The second-order valence-corrected chi connectivity index (χ2v) is 8.86. The maximum atomic E-state index is 13.3. The number of carbonyl (C=O) groups is 2. The molecular weight excluding hydrogens is 476 g/mol. The lowest BCUT2D eigenvalue weighted by Gasteiger charge is -2.11. The molecule has 4 rings (SSSR count). The Morgan fingerprint density at radius 3 is 2.47 bits per heavy atom. The molecule has 0 aliphatic heterocycles. The third-order valence-electron chi connectivity index (χ3n) is 5.65. The van der Waals surface area contributed by atoms with Crippen LogP contribution in [0.2, 0.25) is 0 Å². The van der Waals surface area contributed by atoms with Gasteiger partial charge in [0.15, 0.2) is 0 Å². The number of nitrogens with zero attached hydrogens (tertiary/aromatic N) is 1. The molecule has 7 nitrogen and oxygen atoms in total. The highest BCUT2D eigenvalue weighted by atomic mass is 32.1. The average Bonchev–Trinajstić information content (AvgIpc) is 3.32. The van der Waals surface area contributed by atoms with Crippen LogP contribution in [0.5, 0.6) is 0 Å². The first-order valence-corrected chi connectivity index (χ1v) is 12.3. The van der Waals surface area contributed by atoms with Crippen LogP contribution in [0, 0.1) is 10.1 Å². The quantitative estimate of drug-likeness (QED) is 0.160. The monoisotopic (exact) mass is 500 g/mol. The number of benzene rings is 3. The Bertz CT molecular complexity index is 1400. The molecule has 1 heterocycles. The average molecular weight is 501 g/mol. The summed E-state index contributed by atoms with van der Waals surface area (Å²) in [5, 5.41) is 16.2. The number of nitro benzene ring substituents is 1. The summed E-state index contributed by atoms with van der Waals surface area (Å²) in [6.07, 6.45) is 1.47. The number of ether oxygens (including phenoxy) is 1. The van der Waals surface area contributed by atoms with E-state index >= 15 is 0 Å². The van der Waals surface area contributed by atoms with E-state index in [0.29, 0.717) is 28.1 Å². The van der Waals surface area contributed by atoms with Gasteiger partial charge < -0.3 is 10.1 Å². The number of aryl methyl sites for hydroxylation is 2. The fourth-order valence-electron chi connectivity index (χ4n) is 3.91. The molecule has 8 heteroatoms. The smallest absolute Gasteiger partial charge is 0.341 e. The summed E-state index contributed by atoms with van der Waals surface area (Å²) in [5.41, 5.74) is 3.64. The summed E-state index contributed by atoms with van der Waals surface area (Å²) in [5.74, 6) is -0.940. The van der Waals surface area contributed by atoms with Crippen LogP contribution in [0.1, 0.15) is 38.8 Å². The van der Waals surface area contributed by atoms with Gasteiger partial charge in [-0.05, 0) is 42.5 Å². The van der Waals surface area contributed by atoms with E-state index < -0.39 is 10.9 Å². The zero-order chi connectivity index (χ0) is 25.5. The third-order valence-corrected chi connectivity index (χ3v) is 6.55. The predicted molar refractivity (Wildman–Crippen MR) is 141 cm³/mol. The summed E-state index contributed by atoms with van der Waals surface area (Å²) in [7, 11) is 0. The van der Waals surface area contributed by atoms with Gasteiger partial charge in [0.2, 0.25) is 0 Å². The van der Waals surface area contributed by atoms with E-state index in [-0.39, 0.29) is 23.8 Å². The molecule has 0 bridgehead atoms. The van der Waals surface area contributed by atoms with E-state index in [2.05, 4.69) is 17.4 Å². The van der Waals surface area contributed by atoms with Crippen molar-refractivity contribution in [1.29, 1.82) is 0 Å². The van der Waals surface area contributed by atoms with E-state index in [4.69, 9.17) is 4.74 Å². The van der Waals surface area contributed by atoms with Crippen molar-refractivity contribution < 1.29 is 19.2 Å². The van der Waals surface area contributed by atoms with Crippen LogP contribution in [0.4, 0.5) is 10.7 Å². The summed E-state index contributed by atoms with van der Waals surface area (Å²) < 4.78 is 5.25. The van der Waals surface area contributed by atoms with Gasteiger partial charge in [0.1, 0.15) is 10.6 Å². The summed E-state index contributed by atoms with van der Waals surface area (Å²) in [6, 6.07) is 23.4. The number of hydrogen-bond donors (Lipinski definition) is 1. The molecule has 3 aromatic carbocycles. The molecule has 1 amide bonds.